The number of hydrogen-bond acceptors (Lipinski definition) is 3. The summed E-state index contributed by atoms with van der Waals surface area (Å²) >= 11 is 0. The lowest BCUT2D eigenvalue weighted by Gasteiger charge is -2.32. The van der Waals surface area contributed by atoms with Crippen LogP contribution in [0.4, 0.5) is 10.1 Å². The predicted octanol–water partition coefficient (Wildman–Crippen LogP) is 1.76. The maximum atomic E-state index is 13.0. The SMILES string of the molecule is CC1(O)CNC(C)(C)CN(c2ccc(F)cc2)C1. The van der Waals surface area contributed by atoms with Crippen LogP contribution < -0.4 is 10.2 Å². The van der Waals surface area contributed by atoms with Crippen molar-refractivity contribution < 1.29 is 9.50 Å². The van der Waals surface area contributed by atoms with E-state index in [-0.39, 0.29) is 11.4 Å². The fraction of sp³-hybridized carbons (Fsp3) is 0.571. The highest BCUT2D eigenvalue weighted by Crippen LogP contribution is 2.23. The standard InChI is InChI=1S/C14H21FN2O/c1-13(2)9-17(10-14(3,18)8-16-13)12-6-4-11(15)5-7-12/h4-7,16,18H,8-10H2,1-3H3. The van der Waals surface area contributed by atoms with Gasteiger partial charge in [0.15, 0.2) is 0 Å². The van der Waals surface area contributed by atoms with E-state index in [9.17, 15) is 9.50 Å². The van der Waals surface area contributed by atoms with Crippen molar-refractivity contribution >= 4 is 5.69 Å². The highest BCUT2D eigenvalue weighted by Gasteiger charge is 2.34. The van der Waals surface area contributed by atoms with Crippen LogP contribution in [0.25, 0.3) is 0 Å². The third-order valence-corrected chi connectivity index (χ3v) is 3.26. The fourth-order valence-corrected chi connectivity index (χ4v) is 2.32. The van der Waals surface area contributed by atoms with Crippen molar-refractivity contribution in [3.8, 4) is 0 Å². The van der Waals surface area contributed by atoms with E-state index in [1.807, 2.05) is 6.92 Å². The van der Waals surface area contributed by atoms with Gasteiger partial charge < -0.3 is 15.3 Å². The highest BCUT2D eigenvalue weighted by molar-refractivity contribution is 5.47. The summed E-state index contributed by atoms with van der Waals surface area (Å²) in [6.07, 6.45) is 0. The first-order chi connectivity index (χ1) is 8.27. The van der Waals surface area contributed by atoms with Crippen LogP contribution in [0.1, 0.15) is 20.8 Å². The predicted molar refractivity (Wildman–Crippen MR) is 71.3 cm³/mol. The summed E-state index contributed by atoms with van der Waals surface area (Å²) in [5.74, 6) is -0.238. The van der Waals surface area contributed by atoms with Crippen LogP contribution in [0.3, 0.4) is 0 Å². The molecule has 0 bridgehead atoms. The zero-order chi connectivity index (χ0) is 13.4. The molecule has 0 radical (unpaired) electrons. The molecule has 1 fully saturated rings. The second kappa shape index (κ2) is 4.52. The van der Waals surface area contributed by atoms with Gasteiger partial charge in [0, 0.05) is 30.9 Å². The van der Waals surface area contributed by atoms with Crippen molar-refractivity contribution in [1.82, 2.24) is 5.32 Å². The number of halogens is 1. The van der Waals surface area contributed by atoms with Gasteiger partial charge in [-0.05, 0) is 45.0 Å². The lowest BCUT2D eigenvalue weighted by molar-refractivity contribution is 0.0696. The van der Waals surface area contributed by atoms with E-state index in [1.165, 1.54) is 12.1 Å². The molecule has 1 aliphatic rings. The Kier molecular flexibility index (Phi) is 3.34. The average molecular weight is 252 g/mol. The second-order valence-corrected chi connectivity index (χ2v) is 6.07. The van der Waals surface area contributed by atoms with Crippen molar-refractivity contribution in [2.24, 2.45) is 0 Å². The summed E-state index contributed by atoms with van der Waals surface area (Å²) in [6.45, 7) is 7.88. The fourth-order valence-electron chi connectivity index (χ4n) is 2.32. The summed E-state index contributed by atoms with van der Waals surface area (Å²) < 4.78 is 13.0. The molecule has 18 heavy (non-hydrogen) atoms. The monoisotopic (exact) mass is 252 g/mol. The topological polar surface area (TPSA) is 35.5 Å². The molecule has 0 spiro atoms. The number of anilines is 1. The van der Waals surface area contributed by atoms with E-state index in [0.717, 1.165) is 12.2 Å². The molecule has 100 valence electrons. The van der Waals surface area contributed by atoms with Crippen LogP contribution in [0.2, 0.25) is 0 Å². The van der Waals surface area contributed by atoms with Crippen LogP contribution in [0.15, 0.2) is 24.3 Å². The minimum absolute atomic E-state index is 0.0884. The molecule has 3 nitrogen and oxygen atoms in total. The summed E-state index contributed by atoms with van der Waals surface area (Å²) in [4.78, 5) is 2.10. The molecule has 1 atom stereocenters. The molecule has 1 aliphatic heterocycles. The Hall–Kier alpha value is -1.13. The third kappa shape index (κ3) is 3.21. The Labute approximate surface area is 108 Å². The highest BCUT2D eigenvalue weighted by atomic mass is 19.1. The Bertz CT molecular complexity index is 396. The van der Waals surface area contributed by atoms with Gasteiger partial charge in [-0.1, -0.05) is 0 Å². The number of aliphatic hydroxyl groups is 1. The molecule has 1 aromatic carbocycles. The molecule has 2 rings (SSSR count). The molecule has 1 saturated heterocycles. The molecule has 1 aromatic rings. The maximum Gasteiger partial charge on any atom is 0.123 e. The van der Waals surface area contributed by atoms with E-state index in [0.29, 0.717) is 13.1 Å². The molecule has 1 heterocycles. The molecule has 4 heteroatoms. The van der Waals surface area contributed by atoms with Crippen LogP contribution in [0, 0.1) is 5.82 Å². The number of hydrogen-bond donors (Lipinski definition) is 2. The van der Waals surface area contributed by atoms with E-state index < -0.39 is 5.60 Å². The van der Waals surface area contributed by atoms with Gasteiger partial charge >= 0.3 is 0 Å². The van der Waals surface area contributed by atoms with Gasteiger partial charge in [-0.2, -0.15) is 0 Å². The summed E-state index contributed by atoms with van der Waals surface area (Å²) in [5.41, 5.74) is 0.0604. The van der Waals surface area contributed by atoms with E-state index in [1.54, 1.807) is 12.1 Å². The van der Waals surface area contributed by atoms with Crippen LogP contribution in [0.5, 0.6) is 0 Å². The van der Waals surface area contributed by atoms with E-state index in [2.05, 4.69) is 24.1 Å². The number of nitrogens with zero attached hydrogens (tertiary/aromatic N) is 1. The van der Waals surface area contributed by atoms with Crippen molar-refractivity contribution in [2.75, 3.05) is 24.5 Å². The van der Waals surface area contributed by atoms with Crippen molar-refractivity contribution in [3.05, 3.63) is 30.1 Å². The maximum absolute atomic E-state index is 13.0. The average Bonchev–Trinajstić information content (AvgIpc) is 2.36. The van der Waals surface area contributed by atoms with Gasteiger partial charge in [0.1, 0.15) is 5.82 Å². The van der Waals surface area contributed by atoms with Crippen molar-refractivity contribution in [1.29, 1.82) is 0 Å². The zero-order valence-corrected chi connectivity index (χ0v) is 11.2. The quantitative estimate of drug-likeness (QED) is 0.799. The minimum atomic E-state index is -0.790. The number of nitrogens with one attached hydrogen (secondary N) is 1. The van der Waals surface area contributed by atoms with Crippen LogP contribution >= 0.6 is 0 Å². The molecule has 0 saturated carbocycles. The molecular weight excluding hydrogens is 231 g/mol. The Balaban J connectivity index is 2.26. The van der Waals surface area contributed by atoms with Gasteiger partial charge in [-0.25, -0.2) is 4.39 Å². The number of benzene rings is 1. The van der Waals surface area contributed by atoms with Crippen molar-refractivity contribution in [3.63, 3.8) is 0 Å². The van der Waals surface area contributed by atoms with Gasteiger partial charge in [0.05, 0.1) is 5.60 Å². The molecular formula is C14H21FN2O. The molecule has 0 amide bonds. The molecule has 0 aliphatic carbocycles. The molecule has 2 N–H and O–H groups in total. The number of β-amino-alcohol motifs (C(OH)–C–C–N with tert-alkyl or cyclic N) is 1. The van der Waals surface area contributed by atoms with Gasteiger partial charge in [-0.3, -0.25) is 0 Å². The first-order valence-corrected chi connectivity index (χ1v) is 6.25. The first-order valence-electron chi connectivity index (χ1n) is 6.25. The largest absolute Gasteiger partial charge is 0.387 e. The Morgan fingerprint density at radius 1 is 1.17 bits per heavy atom. The normalized spacial score (nSPS) is 27.9. The Morgan fingerprint density at radius 2 is 1.78 bits per heavy atom. The lowest BCUT2D eigenvalue weighted by atomic mass is 10.1. The third-order valence-electron chi connectivity index (χ3n) is 3.26. The van der Waals surface area contributed by atoms with Gasteiger partial charge in [-0.15, -0.1) is 0 Å². The van der Waals surface area contributed by atoms with E-state index >= 15 is 0 Å². The van der Waals surface area contributed by atoms with Crippen molar-refractivity contribution in [2.45, 2.75) is 31.9 Å². The second-order valence-electron chi connectivity index (χ2n) is 6.07. The molecule has 1 unspecified atom stereocenters. The Morgan fingerprint density at radius 3 is 2.39 bits per heavy atom. The zero-order valence-electron chi connectivity index (χ0n) is 11.2. The van der Waals surface area contributed by atoms with Crippen LogP contribution in [-0.2, 0) is 0 Å². The van der Waals surface area contributed by atoms with E-state index in [4.69, 9.17) is 0 Å². The van der Waals surface area contributed by atoms with Gasteiger partial charge in [0.2, 0.25) is 0 Å². The molecule has 0 aromatic heterocycles. The van der Waals surface area contributed by atoms with Crippen LogP contribution in [-0.4, -0.2) is 35.9 Å². The lowest BCUT2D eigenvalue weighted by Crippen LogP contribution is -2.47. The number of rotatable bonds is 1. The minimum Gasteiger partial charge on any atom is -0.387 e. The summed E-state index contributed by atoms with van der Waals surface area (Å²) in [6, 6.07) is 6.42. The summed E-state index contributed by atoms with van der Waals surface area (Å²) in [7, 11) is 0. The summed E-state index contributed by atoms with van der Waals surface area (Å²) in [5, 5.41) is 13.7. The smallest absolute Gasteiger partial charge is 0.123 e. The van der Waals surface area contributed by atoms with Gasteiger partial charge in [0.25, 0.3) is 0 Å². The first kappa shape index (κ1) is 13.3.